The Morgan fingerprint density at radius 1 is 0.957 bits per heavy atom. The number of nitrogens with one attached hydrogen (secondary N) is 1. The molecule has 3 amide bonds. The molecule has 5 heteroatoms. The predicted molar refractivity (Wildman–Crippen MR) is 84.6 cm³/mol. The summed E-state index contributed by atoms with van der Waals surface area (Å²) in [5.41, 5.74) is 3.94. The van der Waals surface area contributed by atoms with Gasteiger partial charge in [-0.05, 0) is 24.1 Å². The Kier molecular flexibility index (Phi) is 3.93. The van der Waals surface area contributed by atoms with E-state index in [1.165, 1.54) is 0 Å². The maximum atomic E-state index is 12.5. The maximum Gasteiger partial charge on any atom is 0.280 e. The van der Waals surface area contributed by atoms with Gasteiger partial charge in [-0.15, -0.1) is 0 Å². The molecule has 2 aromatic carbocycles. The largest absolute Gasteiger partial charge is 0.280 e. The molecule has 1 unspecified atom stereocenters. The van der Waals surface area contributed by atoms with Crippen molar-refractivity contribution in [2.24, 2.45) is 0 Å². The van der Waals surface area contributed by atoms with Gasteiger partial charge in [0, 0.05) is 0 Å². The van der Waals surface area contributed by atoms with Crippen molar-refractivity contribution in [2.45, 2.75) is 19.3 Å². The Morgan fingerprint density at radius 2 is 1.48 bits per heavy atom. The lowest BCUT2D eigenvalue weighted by molar-refractivity contribution is -0.125. The van der Waals surface area contributed by atoms with E-state index >= 15 is 0 Å². The summed E-state index contributed by atoms with van der Waals surface area (Å²) in [6.07, 6.45) is 0.568. The summed E-state index contributed by atoms with van der Waals surface area (Å²) >= 11 is 0. The molecule has 0 spiro atoms. The van der Waals surface area contributed by atoms with E-state index in [9.17, 15) is 14.4 Å². The van der Waals surface area contributed by atoms with Gasteiger partial charge in [-0.25, -0.2) is 0 Å². The van der Waals surface area contributed by atoms with Crippen LogP contribution in [0.5, 0.6) is 0 Å². The third-order valence-electron chi connectivity index (χ3n) is 3.94. The first kappa shape index (κ1) is 15.0. The first-order valence-electron chi connectivity index (χ1n) is 7.46. The highest BCUT2D eigenvalue weighted by Gasteiger charge is 2.37. The first-order valence-corrected chi connectivity index (χ1v) is 7.46. The number of hydrogen-bond acceptors (Lipinski definition) is 3. The van der Waals surface area contributed by atoms with Crippen molar-refractivity contribution in [3.8, 4) is 0 Å². The van der Waals surface area contributed by atoms with Crippen LogP contribution in [0.4, 0.5) is 0 Å². The van der Waals surface area contributed by atoms with Crippen LogP contribution in [0.15, 0.2) is 54.6 Å². The molecule has 0 aromatic heterocycles. The number of hydrogen-bond donors (Lipinski definition) is 1. The number of nitrogens with zero attached hydrogens (tertiary/aromatic N) is 1. The molecule has 0 radical (unpaired) electrons. The van der Waals surface area contributed by atoms with Crippen molar-refractivity contribution in [3.05, 3.63) is 71.3 Å². The van der Waals surface area contributed by atoms with Crippen molar-refractivity contribution < 1.29 is 14.4 Å². The molecule has 0 saturated carbocycles. The number of carbonyl (C=O) groups excluding carboxylic acids is 3. The molecule has 23 heavy (non-hydrogen) atoms. The minimum Gasteiger partial charge on any atom is -0.273 e. The highest BCUT2D eigenvalue weighted by Crippen LogP contribution is 2.23. The van der Waals surface area contributed by atoms with E-state index in [-0.39, 0.29) is 5.91 Å². The average molecular weight is 308 g/mol. The van der Waals surface area contributed by atoms with E-state index in [4.69, 9.17) is 0 Å². The summed E-state index contributed by atoms with van der Waals surface area (Å²) in [7, 11) is 0. The zero-order chi connectivity index (χ0) is 16.4. The SMILES string of the molecule is CCC(C(=O)NN1C(=O)c2ccccc2C1=O)c1ccccc1. The van der Waals surface area contributed by atoms with Gasteiger partial charge in [0.05, 0.1) is 17.0 Å². The smallest absolute Gasteiger partial charge is 0.273 e. The Balaban J connectivity index is 1.81. The fourth-order valence-electron chi connectivity index (χ4n) is 2.74. The topological polar surface area (TPSA) is 66.5 Å². The normalized spacial score (nSPS) is 14.6. The molecule has 1 aliphatic heterocycles. The van der Waals surface area contributed by atoms with Gasteiger partial charge in [0.15, 0.2) is 0 Å². The van der Waals surface area contributed by atoms with Crippen LogP contribution in [0.25, 0.3) is 0 Å². The van der Waals surface area contributed by atoms with E-state index < -0.39 is 17.7 Å². The number of rotatable bonds is 4. The zero-order valence-electron chi connectivity index (χ0n) is 12.7. The van der Waals surface area contributed by atoms with Crippen molar-refractivity contribution >= 4 is 17.7 Å². The van der Waals surface area contributed by atoms with Crippen LogP contribution in [0.1, 0.15) is 45.5 Å². The molecule has 0 saturated heterocycles. The van der Waals surface area contributed by atoms with Gasteiger partial charge in [0.2, 0.25) is 5.91 Å². The van der Waals surface area contributed by atoms with Gasteiger partial charge in [0.25, 0.3) is 11.8 Å². The van der Waals surface area contributed by atoms with Crippen LogP contribution in [-0.2, 0) is 4.79 Å². The molecule has 3 rings (SSSR count). The number of amides is 3. The summed E-state index contributed by atoms with van der Waals surface area (Å²) in [6.45, 7) is 1.89. The van der Waals surface area contributed by atoms with Gasteiger partial charge in [-0.1, -0.05) is 49.4 Å². The molecular weight excluding hydrogens is 292 g/mol. The molecule has 1 aliphatic rings. The molecule has 116 valence electrons. The van der Waals surface area contributed by atoms with Crippen LogP contribution in [0.2, 0.25) is 0 Å². The summed E-state index contributed by atoms with van der Waals surface area (Å²) in [6, 6.07) is 15.8. The Hall–Kier alpha value is -2.95. The minimum atomic E-state index is -0.498. The van der Waals surface area contributed by atoms with Crippen LogP contribution in [0.3, 0.4) is 0 Å². The van der Waals surface area contributed by atoms with Crippen LogP contribution < -0.4 is 5.43 Å². The molecule has 2 aromatic rings. The minimum absolute atomic E-state index is 0.311. The van der Waals surface area contributed by atoms with Gasteiger partial charge in [-0.2, -0.15) is 5.01 Å². The van der Waals surface area contributed by atoms with Gasteiger partial charge in [0.1, 0.15) is 0 Å². The standard InChI is InChI=1S/C18H16N2O3/c1-2-13(12-8-4-3-5-9-12)16(21)19-20-17(22)14-10-6-7-11-15(14)18(20)23/h3-11,13H,2H2,1H3,(H,19,21). The second-order valence-electron chi connectivity index (χ2n) is 5.34. The quantitative estimate of drug-likeness (QED) is 0.883. The molecular formula is C18H16N2O3. The molecule has 0 fully saturated rings. The monoisotopic (exact) mass is 308 g/mol. The van der Waals surface area contributed by atoms with E-state index in [1.807, 2.05) is 37.3 Å². The maximum absolute atomic E-state index is 12.5. The van der Waals surface area contributed by atoms with E-state index in [1.54, 1.807) is 24.3 Å². The van der Waals surface area contributed by atoms with E-state index in [0.29, 0.717) is 17.5 Å². The lowest BCUT2D eigenvalue weighted by atomic mass is 9.96. The molecule has 0 bridgehead atoms. The summed E-state index contributed by atoms with van der Waals surface area (Å²) in [5, 5.41) is 0.804. The lowest BCUT2D eigenvalue weighted by Gasteiger charge is -2.20. The third kappa shape index (κ3) is 2.61. The van der Waals surface area contributed by atoms with Crippen LogP contribution in [-0.4, -0.2) is 22.7 Å². The highest BCUT2D eigenvalue weighted by molar-refractivity contribution is 6.21. The molecule has 1 atom stereocenters. The Labute approximate surface area is 133 Å². The lowest BCUT2D eigenvalue weighted by Crippen LogP contribution is -2.47. The van der Waals surface area contributed by atoms with Crippen molar-refractivity contribution in [2.75, 3.05) is 0 Å². The van der Waals surface area contributed by atoms with Crippen molar-refractivity contribution in [1.29, 1.82) is 0 Å². The predicted octanol–water partition coefficient (Wildman–Crippen LogP) is 2.51. The third-order valence-corrected chi connectivity index (χ3v) is 3.94. The van der Waals surface area contributed by atoms with E-state index in [0.717, 1.165) is 10.6 Å². The summed E-state index contributed by atoms with van der Waals surface area (Å²) in [4.78, 5) is 37.1. The number of carbonyl (C=O) groups is 3. The van der Waals surface area contributed by atoms with Crippen molar-refractivity contribution in [3.63, 3.8) is 0 Å². The molecule has 1 N–H and O–H groups in total. The second-order valence-corrected chi connectivity index (χ2v) is 5.34. The molecule has 0 aliphatic carbocycles. The first-order chi connectivity index (χ1) is 11.1. The number of fused-ring (bicyclic) bond motifs is 1. The average Bonchev–Trinajstić information content (AvgIpc) is 2.82. The Morgan fingerprint density at radius 3 is 2.00 bits per heavy atom. The van der Waals surface area contributed by atoms with Gasteiger partial charge in [-0.3, -0.25) is 19.8 Å². The van der Waals surface area contributed by atoms with Gasteiger partial charge < -0.3 is 0 Å². The zero-order valence-corrected chi connectivity index (χ0v) is 12.7. The Bertz CT molecular complexity index is 736. The van der Waals surface area contributed by atoms with E-state index in [2.05, 4.69) is 5.43 Å². The summed E-state index contributed by atoms with van der Waals surface area (Å²) < 4.78 is 0. The number of hydrazine groups is 1. The van der Waals surface area contributed by atoms with Crippen molar-refractivity contribution in [1.82, 2.24) is 10.4 Å². The fourth-order valence-corrected chi connectivity index (χ4v) is 2.74. The highest BCUT2D eigenvalue weighted by atomic mass is 16.2. The summed E-state index contributed by atoms with van der Waals surface area (Å²) in [5.74, 6) is -1.78. The second kappa shape index (κ2) is 6.04. The van der Waals surface area contributed by atoms with Gasteiger partial charge >= 0.3 is 0 Å². The molecule has 5 nitrogen and oxygen atoms in total. The van der Waals surface area contributed by atoms with Crippen LogP contribution in [0, 0.1) is 0 Å². The fraction of sp³-hybridized carbons (Fsp3) is 0.167. The molecule has 1 heterocycles. The number of imide groups is 1. The van der Waals surface area contributed by atoms with Crippen LogP contribution >= 0.6 is 0 Å². The number of benzene rings is 2.